The molecule has 1 heterocycles. The Kier molecular flexibility index (Phi) is 5.91. The molecule has 1 unspecified atom stereocenters. The Morgan fingerprint density at radius 1 is 1.25 bits per heavy atom. The summed E-state index contributed by atoms with van der Waals surface area (Å²) < 4.78 is 1.54. The third kappa shape index (κ3) is 4.23. The smallest absolute Gasteiger partial charge is 0.0992 e. The van der Waals surface area contributed by atoms with Crippen LogP contribution in [0.5, 0.6) is 0 Å². The van der Waals surface area contributed by atoms with Crippen molar-refractivity contribution >= 4 is 34.5 Å². The number of aryl methyl sites for hydroxylation is 1. The lowest BCUT2D eigenvalue weighted by Gasteiger charge is -2.18. The van der Waals surface area contributed by atoms with Gasteiger partial charge in [-0.05, 0) is 37.9 Å². The molecule has 0 aliphatic carbocycles. The van der Waals surface area contributed by atoms with Gasteiger partial charge in [-0.3, -0.25) is 0 Å². The Hall–Kier alpha value is -0.540. The average molecular weight is 328 g/mol. The van der Waals surface area contributed by atoms with Crippen LogP contribution >= 0.6 is 34.5 Å². The lowest BCUT2D eigenvalue weighted by Crippen LogP contribution is -2.24. The molecule has 4 heteroatoms. The third-order valence-corrected chi connectivity index (χ3v) is 4.74. The number of benzene rings is 1. The summed E-state index contributed by atoms with van der Waals surface area (Å²) in [4.78, 5) is 0. The molecule has 0 fully saturated rings. The molecule has 1 N–H and O–H groups in total. The molecular formula is C16H19Cl2NS. The molecule has 0 bridgehead atoms. The van der Waals surface area contributed by atoms with E-state index in [9.17, 15) is 0 Å². The minimum atomic E-state index is 0.216. The second kappa shape index (κ2) is 7.46. The van der Waals surface area contributed by atoms with Gasteiger partial charge in [0, 0.05) is 11.6 Å². The molecule has 20 heavy (non-hydrogen) atoms. The average Bonchev–Trinajstić information content (AvgIpc) is 2.73. The van der Waals surface area contributed by atoms with Crippen molar-refractivity contribution in [3.05, 3.63) is 55.7 Å². The van der Waals surface area contributed by atoms with Crippen LogP contribution in [-0.2, 0) is 6.42 Å². The number of hydrogen-bond acceptors (Lipinski definition) is 2. The molecule has 1 nitrogen and oxygen atoms in total. The molecule has 2 aromatic rings. The van der Waals surface area contributed by atoms with Crippen LogP contribution < -0.4 is 5.32 Å². The van der Waals surface area contributed by atoms with Gasteiger partial charge in [0.2, 0.25) is 0 Å². The SMILES string of the molecule is CCCNC(Cc1cccc(C)c1)c1cc(Cl)sc1Cl. The summed E-state index contributed by atoms with van der Waals surface area (Å²) >= 11 is 13.8. The standard InChI is InChI=1S/C16H19Cl2NS/c1-3-7-19-14(13-10-15(17)20-16(13)18)9-12-6-4-5-11(2)8-12/h4-6,8,10,14,19H,3,7,9H2,1-2H3. The highest BCUT2D eigenvalue weighted by molar-refractivity contribution is 7.20. The first-order chi connectivity index (χ1) is 9.60. The van der Waals surface area contributed by atoms with Crippen molar-refractivity contribution in [2.75, 3.05) is 6.54 Å². The van der Waals surface area contributed by atoms with Gasteiger partial charge in [-0.2, -0.15) is 0 Å². The van der Waals surface area contributed by atoms with Crippen LogP contribution in [0.15, 0.2) is 30.3 Å². The minimum absolute atomic E-state index is 0.216. The molecule has 0 saturated carbocycles. The molecule has 2 rings (SSSR count). The molecule has 1 aromatic heterocycles. The molecule has 0 saturated heterocycles. The van der Waals surface area contributed by atoms with Gasteiger partial charge in [-0.25, -0.2) is 0 Å². The predicted molar refractivity (Wildman–Crippen MR) is 90.3 cm³/mol. The maximum absolute atomic E-state index is 6.31. The fraction of sp³-hybridized carbons (Fsp3) is 0.375. The van der Waals surface area contributed by atoms with Gasteiger partial charge in [0.15, 0.2) is 0 Å². The maximum atomic E-state index is 6.31. The van der Waals surface area contributed by atoms with Gasteiger partial charge >= 0.3 is 0 Å². The first-order valence-electron chi connectivity index (χ1n) is 6.83. The highest BCUT2D eigenvalue weighted by Crippen LogP contribution is 2.36. The van der Waals surface area contributed by atoms with E-state index in [2.05, 4.69) is 43.4 Å². The molecule has 0 aliphatic heterocycles. The number of nitrogens with one attached hydrogen (secondary N) is 1. The number of rotatable bonds is 6. The Balaban J connectivity index is 2.21. The van der Waals surface area contributed by atoms with Crippen molar-refractivity contribution in [1.82, 2.24) is 5.32 Å². The summed E-state index contributed by atoms with van der Waals surface area (Å²) in [6.45, 7) is 5.26. The quantitative estimate of drug-likeness (QED) is 0.723. The Bertz CT molecular complexity index is 565. The first kappa shape index (κ1) is 15.8. The van der Waals surface area contributed by atoms with E-state index < -0.39 is 0 Å². The monoisotopic (exact) mass is 327 g/mol. The summed E-state index contributed by atoms with van der Waals surface area (Å²) in [7, 11) is 0. The van der Waals surface area contributed by atoms with E-state index >= 15 is 0 Å². The molecular weight excluding hydrogens is 309 g/mol. The summed E-state index contributed by atoms with van der Waals surface area (Å²) in [6.07, 6.45) is 2.02. The van der Waals surface area contributed by atoms with Crippen LogP contribution in [-0.4, -0.2) is 6.54 Å². The van der Waals surface area contributed by atoms with E-state index in [0.717, 1.165) is 33.6 Å². The van der Waals surface area contributed by atoms with E-state index in [1.165, 1.54) is 22.5 Å². The van der Waals surface area contributed by atoms with E-state index in [1.807, 2.05) is 6.07 Å². The van der Waals surface area contributed by atoms with Gasteiger partial charge in [-0.15, -0.1) is 11.3 Å². The highest BCUT2D eigenvalue weighted by atomic mass is 35.5. The van der Waals surface area contributed by atoms with Crippen molar-refractivity contribution < 1.29 is 0 Å². The van der Waals surface area contributed by atoms with E-state index in [4.69, 9.17) is 23.2 Å². The summed E-state index contributed by atoms with van der Waals surface area (Å²) in [5, 5.41) is 3.57. The second-order valence-corrected chi connectivity index (χ2v) is 7.27. The minimum Gasteiger partial charge on any atom is -0.310 e. The first-order valence-corrected chi connectivity index (χ1v) is 8.41. The Morgan fingerprint density at radius 2 is 2.05 bits per heavy atom. The zero-order valence-electron chi connectivity index (χ0n) is 11.7. The summed E-state index contributed by atoms with van der Waals surface area (Å²) in [6, 6.07) is 10.8. The van der Waals surface area contributed by atoms with Gasteiger partial charge in [0.25, 0.3) is 0 Å². The van der Waals surface area contributed by atoms with Gasteiger partial charge in [0.1, 0.15) is 0 Å². The normalized spacial score (nSPS) is 12.6. The van der Waals surface area contributed by atoms with Crippen molar-refractivity contribution in [3.8, 4) is 0 Å². The lowest BCUT2D eigenvalue weighted by molar-refractivity contribution is 0.530. The van der Waals surface area contributed by atoms with Crippen molar-refractivity contribution in [3.63, 3.8) is 0 Å². The Labute approximate surface area is 134 Å². The van der Waals surface area contributed by atoms with Crippen molar-refractivity contribution in [2.24, 2.45) is 0 Å². The van der Waals surface area contributed by atoms with Gasteiger partial charge in [0.05, 0.1) is 8.67 Å². The highest BCUT2D eigenvalue weighted by Gasteiger charge is 2.17. The third-order valence-electron chi connectivity index (χ3n) is 3.22. The van der Waals surface area contributed by atoms with Crippen LogP contribution in [0.4, 0.5) is 0 Å². The van der Waals surface area contributed by atoms with E-state index in [0.29, 0.717) is 0 Å². The maximum Gasteiger partial charge on any atom is 0.0992 e. The van der Waals surface area contributed by atoms with E-state index in [-0.39, 0.29) is 6.04 Å². The van der Waals surface area contributed by atoms with Crippen LogP contribution in [0, 0.1) is 6.92 Å². The van der Waals surface area contributed by atoms with Crippen LogP contribution in [0.3, 0.4) is 0 Å². The van der Waals surface area contributed by atoms with Gasteiger partial charge in [-0.1, -0.05) is 60.0 Å². The van der Waals surface area contributed by atoms with Crippen LogP contribution in [0.1, 0.15) is 36.1 Å². The van der Waals surface area contributed by atoms with E-state index in [1.54, 1.807) is 0 Å². The molecule has 108 valence electrons. The molecule has 0 aliphatic rings. The number of halogens is 2. The summed E-state index contributed by atoms with van der Waals surface area (Å²) in [5.41, 5.74) is 3.71. The van der Waals surface area contributed by atoms with Crippen LogP contribution in [0.25, 0.3) is 0 Å². The molecule has 1 atom stereocenters. The number of thiophene rings is 1. The van der Waals surface area contributed by atoms with Crippen molar-refractivity contribution in [1.29, 1.82) is 0 Å². The largest absolute Gasteiger partial charge is 0.310 e. The second-order valence-electron chi connectivity index (χ2n) is 4.98. The molecule has 0 spiro atoms. The zero-order chi connectivity index (χ0) is 14.5. The zero-order valence-corrected chi connectivity index (χ0v) is 14.1. The van der Waals surface area contributed by atoms with Crippen molar-refractivity contribution in [2.45, 2.75) is 32.7 Å². The molecule has 0 radical (unpaired) electrons. The lowest BCUT2D eigenvalue weighted by atomic mass is 10.00. The number of hydrogen-bond donors (Lipinski definition) is 1. The topological polar surface area (TPSA) is 12.0 Å². The summed E-state index contributed by atoms with van der Waals surface area (Å²) in [5.74, 6) is 0. The fourth-order valence-corrected chi connectivity index (χ4v) is 3.86. The predicted octanol–water partition coefficient (Wildman–Crippen LogP) is 5.65. The van der Waals surface area contributed by atoms with Crippen LogP contribution in [0.2, 0.25) is 8.67 Å². The van der Waals surface area contributed by atoms with Gasteiger partial charge < -0.3 is 5.32 Å². The fourth-order valence-electron chi connectivity index (χ4n) is 2.28. The molecule has 1 aromatic carbocycles. The molecule has 0 amide bonds. The Morgan fingerprint density at radius 3 is 2.65 bits per heavy atom.